The zero-order chi connectivity index (χ0) is 11.9. The maximum Gasteiger partial charge on any atom is 0.170 e. The van der Waals surface area contributed by atoms with Gasteiger partial charge in [0, 0.05) is 18.1 Å². The second-order valence-corrected chi connectivity index (χ2v) is 4.35. The van der Waals surface area contributed by atoms with E-state index in [4.69, 9.17) is 0 Å². The lowest BCUT2D eigenvalue weighted by Crippen LogP contribution is -2.44. The van der Waals surface area contributed by atoms with Crippen LogP contribution in [0.5, 0.6) is 0 Å². The molecule has 92 valence electrons. The van der Waals surface area contributed by atoms with E-state index in [9.17, 15) is 8.78 Å². The molecule has 2 N–H and O–H groups in total. The second-order valence-electron chi connectivity index (χ2n) is 3.71. The Hall–Kier alpha value is 0.480. The first-order valence-corrected chi connectivity index (χ1v) is 6.15. The average molecular weight is 258 g/mol. The maximum atomic E-state index is 14.0. The lowest BCUT2D eigenvalue weighted by atomic mass is 9.98. The summed E-state index contributed by atoms with van der Waals surface area (Å²) in [6.07, 6.45) is 0.209. The SMILES string of the molecule is CNC[C@@](F)(CS)CC[C@@](F)(CS)NC. The quantitative estimate of drug-likeness (QED) is 0.391. The standard InChI is InChI=1S/C9H20F2N2S2/c1-12-5-8(10,6-14)3-4-9(11,7-15)13-2/h12-15H,3-7H2,1-2H3/t8-,9+/m1/s1. The summed E-state index contributed by atoms with van der Waals surface area (Å²) in [4.78, 5) is 0. The molecule has 0 aromatic rings. The Morgan fingerprint density at radius 3 is 2.00 bits per heavy atom. The summed E-state index contributed by atoms with van der Waals surface area (Å²) in [5, 5.41) is 5.26. The molecule has 15 heavy (non-hydrogen) atoms. The largest absolute Gasteiger partial charge is 0.317 e. The van der Waals surface area contributed by atoms with Gasteiger partial charge in [-0.25, -0.2) is 8.78 Å². The zero-order valence-electron chi connectivity index (χ0n) is 9.19. The van der Waals surface area contributed by atoms with Crippen LogP contribution in [0, 0.1) is 0 Å². The van der Waals surface area contributed by atoms with Gasteiger partial charge in [-0.05, 0) is 26.9 Å². The molecule has 0 aromatic heterocycles. The molecule has 0 aliphatic heterocycles. The van der Waals surface area contributed by atoms with Crippen molar-refractivity contribution in [3.05, 3.63) is 0 Å². The molecule has 0 bridgehead atoms. The Kier molecular flexibility index (Phi) is 7.16. The van der Waals surface area contributed by atoms with Gasteiger partial charge < -0.3 is 5.32 Å². The number of alkyl halides is 2. The Morgan fingerprint density at radius 2 is 1.67 bits per heavy atom. The number of hydrogen-bond acceptors (Lipinski definition) is 4. The average Bonchev–Trinajstić information content (AvgIpc) is 2.26. The van der Waals surface area contributed by atoms with E-state index in [1.807, 2.05) is 0 Å². The van der Waals surface area contributed by atoms with Crippen LogP contribution in [-0.2, 0) is 0 Å². The highest BCUT2D eigenvalue weighted by Crippen LogP contribution is 2.25. The van der Waals surface area contributed by atoms with Gasteiger partial charge in [0.15, 0.2) is 5.79 Å². The fraction of sp³-hybridized carbons (Fsp3) is 1.00. The zero-order valence-corrected chi connectivity index (χ0v) is 11.0. The van der Waals surface area contributed by atoms with Crippen LogP contribution < -0.4 is 10.6 Å². The number of hydrogen-bond donors (Lipinski definition) is 4. The monoisotopic (exact) mass is 258 g/mol. The molecule has 0 aromatic carbocycles. The summed E-state index contributed by atoms with van der Waals surface area (Å²) in [7, 11) is 3.17. The molecule has 0 aliphatic carbocycles. The fourth-order valence-electron chi connectivity index (χ4n) is 1.25. The second kappa shape index (κ2) is 6.93. The van der Waals surface area contributed by atoms with Gasteiger partial charge in [0.05, 0.1) is 0 Å². The third-order valence-corrected chi connectivity index (χ3v) is 3.51. The van der Waals surface area contributed by atoms with E-state index in [2.05, 4.69) is 35.9 Å². The minimum absolute atomic E-state index is 0.0334. The van der Waals surface area contributed by atoms with Crippen LogP contribution in [0.2, 0.25) is 0 Å². The highest BCUT2D eigenvalue weighted by molar-refractivity contribution is 7.80. The van der Waals surface area contributed by atoms with Crippen molar-refractivity contribution in [1.29, 1.82) is 0 Å². The summed E-state index contributed by atoms with van der Waals surface area (Å²) in [6.45, 7) is 0.183. The van der Waals surface area contributed by atoms with Crippen LogP contribution in [0.4, 0.5) is 8.78 Å². The van der Waals surface area contributed by atoms with Crippen molar-refractivity contribution in [3.8, 4) is 0 Å². The van der Waals surface area contributed by atoms with Gasteiger partial charge >= 0.3 is 0 Å². The molecule has 0 saturated heterocycles. The lowest BCUT2D eigenvalue weighted by molar-refractivity contribution is 0.0963. The van der Waals surface area contributed by atoms with E-state index in [1.54, 1.807) is 7.05 Å². The molecular weight excluding hydrogens is 238 g/mol. The molecule has 0 unspecified atom stereocenters. The molecule has 0 spiro atoms. The van der Waals surface area contributed by atoms with Crippen LogP contribution in [0.3, 0.4) is 0 Å². The summed E-state index contributed by atoms with van der Waals surface area (Å²) in [5.74, 6) is -1.48. The van der Waals surface area contributed by atoms with Crippen molar-refractivity contribution < 1.29 is 8.78 Å². The van der Waals surface area contributed by atoms with E-state index >= 15 is 0 Å². The van der Waals surface area contributed by atoms with Gasteiger partial charge in [0.1, 0.15) is 5.67 Å². The third-order valence-electron chi connectivity index (χ3n) is 2.44. The van der Waals surface area contributed by atoms with Gasteiger partial charge in [-0.1, -0.05) is 0 Å². The van der Waals surface area contributed by atoms with Gasteiger partial charge in [-0.2, -0.15) is 25.3 Å². The highest BCUT2D eigenvalue weighted by atomic mass is 32.1. The van der Waals surface area contributed by atoms with Crippen molar-refractivity contribution in [3.63, 3.8) is 0 Å². The lowest BCUT2D eigenvalue weighted by Gasteiger charge is -2.28. The Labute approximate surface area is 101 Å². The summed E-state index contributed by atoms with van der Waals surface area (Å²) in [6, 6.07) is 0. The minimum atomic E-state index is -1.60. The third kappa shape index (κ3) is 5.38. The smallest absolute Gasteiger partial charge is 0.170 e. The molecule has 6 heteroatoms. The van der Waals surface area contributed by atoms with Gasteiger partial charge in [-0.15, -0.1) is 0 Å². The highest BCUT2D eigenvalue weighted by Gasteiger charge is 2.33. The van der Waals surface area contributed by atoms with Gasteiger partial charge in [0.25, 0.3) is 0 Å². The predicted octanol–water partition coefficient (Wildman–Crippen LogP) is 1.44. The Balaban J connectivity index is 4.20. The van der Waals surface area contributed by atoms with E-state index in [1.165, 1.54) is 7.05 Å². The number of nitrogens with one attached hydrogen (secondary N) is 2. The van der Waals surface area contributed by atoms with Crippen LogP contribution in [0.1, 0.15) is 12.8 Å². The Morgan fingerprint density at radius 1 is 1.07 bits per heavy atom. The normalized spacial score (nSPS) is 19.6. The molecule has 2 nitrogen and oxygen atoms in total. The van der Waals surface area contributed by atoms with Crippen molar-refractivity contribution in [2.24, 2.45) is 0 Å². The molecule has 0 saturated carbocycles. The molecule has 0 amide bonds. The van der Waals surface area contributed by atoms with Crippen LogP contribution >= 0.6 is 25.3 Å². The van der Waals surface area contributed by atoms with E-state index in [0.717, 1.165) is 0 Å². The molecule has 0 rings (SSSR count). The topological polar surface area (TPSA) is 24.1 Å². The minimum Gasteiger partial charge on any atom is -0.317 e. The predicted molar refractivity (Wildman–Crippen MR) is 67.6 cm³/mol. The van der Waals surface area contributed by atoms with Crippen LogP contribution in [0.25, 0.3) is 0 Å². The van der Waals surface area contributed by atoms with Crippen molar-refractivity contribution in [1.82, 2.24) is 10.6 Å². The summed E-state index contributed by atoms with van der Waals surface area (Å²) >= 11 is 7.84. The molecule has 0 aliphatic rings. The number of rotatable bonds is 8. The maximum absolute atomic E-state index is 14.0. The molecule has 0 fully saturated rings. The van der Waals surface area contributed by atoms with Crippen LogP contribution in [-0.4, -0.2) is 43.6 Å². The molecule has 2 atom stereocenters. The van der Waals surface area contributed by atoms with Crippen molar-refractivity contribution >= 4 is 25.3 Å². The number of thiol groups is 2. The first kappa shape index (κ1) is 15.5. The van der Waals surface area contributed by atoms with Gasteiger partial charge in [0.2, 0.25) is 0 Å². The first-order chi connectivity index (χ1) is 6.95. The van der Waals surface area contributed by atoms with E-state index in [0.29, 0.717) is 0 Å². The number of halogens is 2. The van der Waals surface area contributed by atoms with E-state index < -0.39 is 11.5 Å². The molecule has 0 heterocycles. The van der Waals surface area contributed by atoms with Gasteiger partial charge in [-0.3, -0.25) is 5.32 Å². The Bertz CT molecular complexity index is 179. The summed E-state index contributed by atoms with van der Waals surface area (Å²) in [5.41, 5.74) is -1.46. The molecule has 0 radical (unpaired) electrons. The van der Waals surface area contributed by atoms with Crippen molar-refractivity contribution in [2.75, 3.05) is 32.1 Å². The van der Waals surface area contributed by atoms with Crippen molar-refractivity contribution in [2.45, 2.75) is 24.3 Å². The van der Waals surface area contributed by atoms with Crippen LogP contribution in [0.15, 0.2) is 0 Å². The molecular formula is C9H20F2N2S2. The fourth-order valence-corrected chi connectivity index (χ4v) is 1.83. The summed E-state index contributed by atoms with van der Waals surface area (Å²) < 4.78 is 27.7. The van der Waals surface area contributed by atoms with E-state index in [-0.39, 0.29) is 30.9 Å². The first-order valence-electron chi connectivity index (χ1n) is 4.88.